The lowest BCUT2D eigenvalue weighted by Gasteiger charge is -2.18. The van der Waals surface area contributed by atoms with Gasteiger partial charge in [0.05, 0.1) is 4.92 Å². The summed E-state index contributed by atoms with van der Waals surface area (Å²) in [5.74, 6) is 0.870. The zero-order chi connectivity index (χ0) is 12.3. The molecule has 2 atom stereocenters. The molecule has 0 saturated heterocycles. The fraction of sp³-hybridized carbons (Fsp3) is 0.600. The highest BCUT2D eigenvalue weighted by molar-refractivity contribution is 5.32. The molecule has 2 rings (SSSR count). The van der Waals surface area contributed by atoms with Crippen LogP contribution in [0.15, 0.2) is 12.4 Å². The summed E-state index contributed by atoms with van der Waals surface area (Å²) in [6.45, 7) is 0.644. The van der Waals surface area contributed by atoms with Gasteiger partial charge < -0.3 is 11.1 Å². The molecule has 7 nitrogen and oxygen atoms in total. The molecule has 7 heteroatoms. The summed E-state index contributed by atoms with van der Waals surface area (Å²) in [5.41, 5.74) is 5.57. The predicted molar refractivity (Wildman–Crippen MR) is 62.5 cm³/mol. The summed E-state index contributed by atoms with van der Waals surface area (Å²) in [6, 6.07) is 0.279. The van der Waals surface area contributed by atoms with E-state index in [-0.39, 0.29) is 11.7 Å². The van der Waals surface area contributed by atoms with E-state index < -0.39 is 4.92 Å². The molecule has 1 aromatic heterocycles. The standard InChI is InChI=1S/C10H15N5O2/c11-4-7-2-1-3-9(7)14-10-12-5-8(6-13-10)15(16)17/h5-7,9H,1-4,11H2,(H,12,13,14). The Morgan fingerprint density at radius 2 is 2.18 bits per heavy atom. The first-order chi connectivity index (χ1) is 8.20. The topological polar surface area (TPSA) is 107 Å². The highest BCUT2D eigenvalue weighted by Gasteiger charge is 2.26. The van der Waals surface area contributed by atoms with Gasteiger partial charge in [-0.05, 0) is 25.3 Å². The quantitative estimate of drug-likeness (QED) is 0.595. The SMILES string of the molecule is NCC1CCCC1Nc1ncc([N+](=O)[O-])cn1. The minimum absolute atomic E-state index is 0.0997. The molecule has 17 heavy (non-hydrogen) atoms. The van der Waals surface area contributed by atoms with Gasteiger partial charge in [-0.1, -0.05) is 6.42 Å². The Kier molecular flexibility index (Phi) is 3.48. The Labute approximate surface area is 98.6 Å². The molecule has 1 aromatic rings. The highest BCUT2D eigenvalue weighted by Crippen LogP contribution is 2.26. The number of nitrogens with two attached hydrogens (primary N) is 1. The van der Waals surface area contributed by atoms with Gasteiger partial charge in [-0.3, -0.25) is 10.1 Å². The number of aromatic nitrogens is 2. The second kappa shape index (κ2) is 5.05. The Balaban J connectivity index is 2.01. The van der Waals surface area contributed by atoms with Gasteiger partial charge in [-0.25, -0.2) is 9.97 Å². The zero-order valence-electron chi connectivity index (χ0n) is 9.37. The minimum atomic E-state index is -0.512. The van der Waals surface area contributed by atoms with Crippen LogP contribution in [0.3, 0.4) is 0 Å². The molecule has 1 aliphatic rings. The maximum atomic E-state index is 10.4. The maximum absolute atomic E-state index is 10.4. The van der Waals surface area contributed by atoms with Crippen molar-refractivity contribution in [2.45, 2.75) is 25.3 Å². The molecule has 0 aromatic carbocycles. The van der Waals surface area contributed by atoms with Crippen LogP contribution in [-0.2, 0) is 0 Å². The van der Waals surface area contributed by atoms with Crippen LogP contribution in [0.25, 0.3) is 0 Å². The van der Waals surface area contributed by atoms with Crippen molar-refractivity contribution in [3.8, 4) is 0 Å². The largest absolute Gasteiger partial charge is 0.351 e. The molecule has 1 aliphatic carbocycles. The van der Waals surface area contributed by atoms with Crippen LogP contribution in [0.4, 0.5) is 11.6 Å². The van der Waals surface area contributed by atoms with E-state index in [0.717, 1.165) is 19.3 Å². The van der Waals surface area contributed by atoms with Crippen molar-refractivity contribution in [2.75, 3.05) is 11.9 Å². The third kappa shape index (κ3) is 2.68. The fourth-order valence-corrected chi connectivity index (χ4v) is 2.16. The first-order valence-electron chi connectivity index (χ1n) is 5.63. The maximum Gasteiger partial charge on any atom is 0.305 e. The van der Waals surface area contributed by atoms with E-state index in [4.69, 9.17) is 5.73 Å². The van der Waals surface area contributed by atoms with E-state index >= 15 is 0 Å². The molecule has 0 amide bonds. The smallest absolute Gasteiger partial charge is 0.305 e. The van der Waals surface area contributed by atoms with Crippen molar-refractivity contribution in [1.82, 2.24) is 9.97 Å². The summed E-state index contributed by atoms with van der Waals surface area (Å²) >= 11 is 0. The Hall–Kier alpha value is -1.76. The van der Waals surface area contributed by atoms with Crippen molar-refractivity contribution >= 4 is 11.6 Å². The van der Waals surface area contributed by atoms with Crippen molar-refractivity contribution in [3.63, 3.8) is 0 Å². The number of nitro groups is 1. The van der Waals surface area contributed by atoms with Gasteiger partial charge in [0.15, 0.2) is 0 Å². The molecule has 1 fully saturated rings. The van der Waals surface area contributed by atoms with E-state index in [1.54, 1.807) is 0 Å². The summed E-state index contributed by atoms with van der Waals surface area (Å²) in [6.07, 6.45) is 5.72. The van der Waals surface area contributed by atoms with Gasteiger partial charge in [-0.2, -0.15) is 0 Å². The molecule has 0 spiro atoms. The van der Waals surface area contributed by atoms with Gasteiger partial charge in [0.2, 0.25) is 5.95 Å². The Morgan fingerprint density at radius 1 is 1.47 bits per heavy atom. The average molecular weight is 237 g/mol. The van der Waals surface area contributed by atoms with E-state index in [9.17, 15) is 10.1 Å². The number of rotatable bonds is 4. The lowest BCUT2D eigenvalue weighted by molar-refractivity contribution is -0.385. The van der Waals surface area contributed by atoms with Gasteiger partial charge in [0, 0.05) is 6.04 Å². The van der Waals surface area contributed by atoms with E-state index in [1.165, 1.54) is 12.4 Å². The molecule has 1 heterocycles. The second-order valence-corrected chi connectivity index (χ2v) is 4.20. The molecular weight excluding hydrogens is 222 g/mol. The molecular formula is C10H15N5O2. The van der Waals surface area contributed by atoms with E-state index in [1.807, 2.05) is 0 Å². The van der Waals surface area contributed by atoms with Crippen molar-refractivity contribution in [2.24, 2.45) is 11.7 Å². The summed E-state index contributed by atoms with van der Waals surface area (Å²) in [7, 11) is 0. The second-order valence-electron chi connectivity index (χ2n) is 4.20. The third-order valence-electron chi connectivity index (χ3n) is 3.13. The van der Waals surface area contributed by atoms with Gasteiger partial charge in [0.25, 0.3) is 0 Å². The van der Waals surface area contributed by atoms with Crippen LogP contribution in [0.2, 0.25) is 0 Å². The number of nitrogens with zero attached hydrogens (tertiary/aromatic N) is 3. The molecule has 3 N–H and O–H groups in total. The van der Waals surface area contributed by atoms with Crippen LogP contribution in [0, 0.1) is 16.0 Å². The number of hydrogen-bond acceptors (Lipinski definition) is 6. The molecule has 0 bridgehead atoms. The van der Waals surface area contributed by atoms with Gasteiger partial charge in [0.1, 0.15) is 12.4 Å². The summed E-state index contributed by atoms with van der Waals surface area (Å²) in [5, 5.41) is 13.6. The molecule has 0 aliphatic heterocycles. The van der Waals surface area contributed by atoms with Crippen LogP contribution < -0.4 is 11.1 Å². The monoisotopic (exact) mass is 237 g/mol. The van der Waals surface area contributed by atoms with Crippen LogP contribution in [-0.4, -0.2) is 27.5 Å². The molecule has 0 radical (unpaired) electrons. The molecule has 1 saturated carbocycles. The third-order valence-corrected chi connectivity index (χ3v) is 3.13. The highest BCUT2D eigenvalue weighted by atomic mass is 16.6. The van der Waals surface area contributed by atoms with Gasteiger partial charge in [-0.15, -0.1) is 0 Å². The summed E-state index contributed by atoms with van der Waals surface area (Å²) < 4.78 is 0. The molecule has 92 valence electrons. The zero-order valence-corrected chi connectivity index (χ0v) is 9.37. The lowest BCUT2D eigenvalue weighted by atomic mass is 10.0. The summed E-state index contributed by atoms with van der Waals surface area (Å²) in [4.78, 5) is 17.8. The predicted octanol–water partition coefficient (Wildman–Crippen LogP) is 0.924. The normalized spacial score (nSPS) is 23.6. The van der Waals surface area contributed by atoms with E-state index in [2.05, 4.69) is 15.3 Å². The molecule has 2 unspecified atom stereocenters. The first-order valence-corrected chi connectivity index (χ1v) is 5.63. The van der Waals surface area contributed by atoms with Crippen molar-refractivity contribution in [3.05, 3.63) is 22.5 Å². The number of anilines is 1. The van der Waals surface area contributed by atoms with Crippen molar-refractivity contribution in [1.29, 1.82) is 0 Å². The Bertz CT molecular complexity index is 394. The first kappa shape index (κ1) is 11.7. The van der Waals surface area contributed by atoms with Gasteiger partial charge >= 0.3 is 5.69 Å². The Morgan fingerprint density at radius 3 is 2.76 bits per heavy atom. The lowest BCUT2D eigenvalue weighted by Crippen LogP contribution is -2.30. The number of hydrogen-bond donors (Lipinski definition) is 2. The average Bonchev–Trinajstić information content (AvgIpc) is 2.77. The van der Waals surface area contributed by atoms with E-state index in [0.29, 0.717) is 18.4 Å². The van der Waals surface area contributed by atoms with Crippen LogP contribution in [0.1, 0.15) is 19.3 Å². The van der Waals surface area contributed by atoms with Crippen molar-refractivity contribution < 1.29 is 4.92 Å². The minimum Gasteiger partial charge on any atom is -0.351 e. The van der Waals surface area contributed by atoms with Crippen LogP contribution in [0.5, 0.6) is 0 Å². The van der Waals surface area contributed by atoms with Crippen LogP contribution >= 0.6 is 0 Å². The number of nitrogens with one attached hydrogen (secondary N) is 1. The fourth-order valence-electron chi connectivity index (χ4n) is 2.16.